The lowest BCUT2D eigenvalue weighted by atomic mass is 9.85. The molecular weight excluding hydrogens is 287 g/mol. The molecule has 2 atom stereocenters. The van der Waals surface area contributed by atoms with E-state index in [0.717, 1.165) is 17.5 Å². The molecule has 1 saturated heterocycles. The Labute approximate surface area is 127 Å². The quantitative estimate of drug-likeness (QED) is 0.927. The summed E-state index contributed by atoms with van der Waals surface area (Å²) in [5.41, 5.74) is 8.02. The molecule has 0 bridgehead atoms. The van der Waals surface area contributed by atoms with Gasteiger partial charge in [0.05, 0.1) is 5.56 Å². The maximum absolute atomic E-state index is 13.0. The molecule has 2 N–H and O–H groups in total. The number of nitrogens with zero attached hydrogens (tertiary/aromatic N) is 1. The molecule has 3 rings (SSSR count). The van der Waals surface area contributed by atoms with Crippen LogP contribution in [0, 0.1) is 5.82 Å². The van der Waals surface area contributed by atoms with Gasteiger partial charge in [0.1, 0.15) is 5.82 Å². The molecule has 1 amide bonds. The fourth-order valence-electron chi connectivity index (χ4n) is 2.86. The van der Waals surface area contributed by atoms with Crippen LogP contribution in [0.1, 0.15) is 28.3 Å². The molecule has 2 aromatic rings. The van der Waals surface area contributed by atoms with Gasteiger partial charge in [-0.1, -0.05) is 12.1 Å². The van der Waals surface area contributed by atoms with E-state index in [2.05, 4.69) is 0 Å². The minimum absolute atomic E-state index is 0.0456. The van der Waals surface area contributed by atoms with Crippen LogP contribution in [0.5, 0.6) is 0 Å². The van der Waals surface area contributed by atoms with E-state index in [1.54, 1.807) is 12.1 Å². The van der Waals surface area contributed by atoms with Crippen molar-refractivity contribution in [3.05, 3.63) is 58.0 Å². The molecule has 0 aliphatic carbocycles. The second-order valence-corrected chi connectivity index (χ2v) is 6.15. The summed E-state index contributed by atoms with van der Waals surface area (Å²) in [6.45, 7) is 1.22. The van der Waals surface area contributed by atoms with Gasteiger partial charge in [-0.15, -0.1) is 0 Å². The van der Waals surface area contributed by atoms with Crippen LogP contribution >= 0.6 is 11.3 Å². The smallest absolute Gasteiger partial charge is 0.254 e. The Morgan fingerprint density at radius 3 is 2.67 bits per heavy atom. The third-order valence-corrected chi connectivity index (χ3v) is 4.69. The molecule has 0 spiro atoms. The molecule has 0 saturated carbocycles. The predicted octanol–water partition coefficient (Wildman–Crippen LogP) is 2.84. The van der Waals surface area contributed by atoms with Crippen molar-refractivity contribution in [2.45, 2.75) is 18.4 Å². The van der Waals surface area contributed by atoms with E-state index in [1.807, 2.05) is 21.7 Å². The van der Waals surface area contributed by atoms with Gasteiger partial charge in [0.15, 0.2) is 0 Å². The molecule has 21 heavy (non-hydrogen) atoms. The van der Waals surface area contributed by atoms with Gasteiger partial charge in [0, 0.05) is 30.4 Å². The fraction of sp³-hybridized carbons (Fsp3) is 0.312. The Hall–Kier alpha value is -1.72. The Morgan fingerprint density at radius 2 is 2.05 bits per heavy atom. The van der Waals surface area contributed by atoms with E-state index in [-0.39, 0.29) is 23.7 Å². The lowest BCUT2D eigenvalue weighted by Crippen LogP contribution is -2.49. The van der Waals surface area contributed by atoms with E-state index < -0.39 is 0 Å². The van der Waals surface area contributed by atoms with Gasteiger partial charge < -0.3 is 10.6 Å². The third-order valence-electron chi connectivity index (χ3n) is 4.01. The largest absolute Gasteiger partial charge is 0.337 e. The zero-order valence-corrected chi connectivity index (χ0v) is 12.4. The van der Waals surface area contributed by atoms with Crippen LogP contribution in [0.4, 0.5) is 4.39 Å². The number of likely N-dealkylation sites (tertiary alicyclic amines) is 1. The van der Waals surface area contributed by atoms with Crippen LogP contribution < -0.4 is 5.73 Å². The number of carbonyl (C=O) groups is 1. The molecule has 0 unspecified atom stereocenters. The van der Waals surface area contributed by atoms with E-state index in [4.69, 9.17) is 5.73 Å². The first-order valence-electron chi connectivity index (χ1n) is 6.97. The highest BCUT2D eigenvalue weighted by atomic mass is 32.1. The predicted molar refractivity (Wildman–Crippen MR) is 82.0 cm³/mol. The lowest BCUT2D eigenvalue weighted by molar-refractivity contribution is 0.0694. The molecule has 2 heterocycles. The molecule has 1 aromatic carbocycles. The van der Waals surface area contributed by atoms with Crippen LogP contribution in [0.2, 0.25) is 0 Å². The van der Waals surface area contributed by atoms with Gasteiger partial charge in [-0.25, -0.2) is 4.39 Å². The first kappa shape index (κ1) is 14.2. The second kappa shape index (κ2) is 5.95. The second-order valence-electron chi connectivity index (χ2n) is 5.37. The number of nitrogens with two attached hydrogens (primary N) is 1. The first-order chi connectivity index (χ1) is 10.1. The summed E-state index contributed by atoms with van der Waals surface area (Å²) in [4.78, 5) is 14.1. The number of piperidine rings is 1. The third kappa shape index (κ3) is 2.99. The standard InChI is InChI=1S/C16H17FN2OS/c17-13-3-1-11(2-4-13)14-5-7-19(9-15(14)18)16(20)12-6-8-21-10-12/h1-4,6,8,10,14-15H,5,7,9,18H2/t14-,15-/m0/s1. The van der Waals surface area contributed by atoms with Crippen LogP contribution in [-0.2, 0) is 0 Å². The summed E-state index contributed by atoms with van der Waals surface area (Å²) in [7, 11) is 0. The van der Waals surface area contributed by atoms with Crippen LogP contribution in [0.25, 0.3) is 0 Å². The van der Waals surface area contributed by atoms with Crippen LogP contribution in [0.15, 0.2) is 41.1 Å². The summed E-state index contributed by atoms with van der Waals surface area (Å²) in [6.07, 6.45) is 0.808. The first-order valence-corrected chi connectivity index (χ1v) is 7.92. The molecule has 5 heteroatoms. The molecule has 0 radical (unpaired) electrons. The number of amides is 1. The SMILES string of the molecule is N[C@H]1CN(C(=O)c2ccsc2)CC[C@H]1c1ccc(F)cc1. The van der Waals surface area contributed by atoms with Crippen molar-refractivity contribution in [1.82, 2.24) is 4.90 Å². The van der Waals surface area contributed by atoms with Gasteiger partial charge in [-0.2, -0.15) is 11.3 Å². The topological polar surface area (TPSA) is 46.3 Å². The maximum atomic E-state index is 13.0. The minimum Gasteiger partial charge on any atom is -0.337 e. The molecule has 1 aromatic heterocycles. The Balaban J connectivity index is 1.69. The number of thiophene rings is 1. The maximum Gasteiger partial charge on any atom is 0.254 e. The van der Waals surface area contributed by atoms with Crippen molar-refractivity contribution < 1.29 is 9.18 Å². The Bertz CT molecular complexity index is 612. The number of hydrogen-bond acceptors (Lipinski definition) is 3. The molecule has 110 valence electrons. The highest BCUT2D eigenvalue weighted by molar-refractivity contribution is 7.08. The van der Waals surface area contributed by atoms with Gasteiger partial charge in [-0.3, -0.25) is 4.79 Å². The Kier molecular flexibility index (Phi) is 4.03. The van der Waals surface area contributed by atoms with Crippen molar-refractivity contribution in [3.63, 3.8) is 0 Å². The lowest BCUT2D eigenvalue weighted by Gasteiger charge is -2.37. The summed E-state index contributed by atoms with van der Waals surface area (Å²) >= 11 is 1.52. The average molecular weight is 304 g/mol. The zero-order chi connectivity index (χ0) is 14.8. The van der Waals surface area contributed by atoms with Crippen LogP contribution in [-0.4, -0.2) is 29.9 Å². The summed E-state index contributed by atoms with van der Waals surface area (Å²) in [6, 6.07) is 8.22. The molecule has 1 aliphatic rings. The zero-order valence-electron chi connectivity index (χ0n) is 11.5. The fourth-order valence-corrected chi connectivity index (χ4v) is 3.49. The normalized spacial score (nSPS) is 22.3. The number of carbonyl (C=O) groups excluding carboxylic acids is 1. The van der Waals surface area contributed by atoms with Crippen molar-refractivity contribution in [1.29, 1.82) is 0 Å². The van der Waals surface area contributed by atoms with E-state index in [1.165, 1.54) is 23.5 Å². The monoisotopic (exact) mass is 304 g/mol. The van der Waals surface area contributed by atoms with Gasteiger partial charge in [-0.05, 0) is 35.6 Å². The number of halogens is 1. The highest BCUT2D eigenvalue weighted by Gasteiger charge is 2.30. The number of hydrogen-bond donors (Lipinski definition) is 1. The molecular formula is C16H17FN2OS. The van der Waals surface area contributed by atoms with Crippen molar-refractivity contribution in [3.8, 4) is 0 Å². The minimum atomic E-state index is -0.239. The molecule has 3 nitrogen and oxygen atoms in total. The number of rotatable bonds is 2. The van der Waals surface area contributed by atoms with Crippen molar-refractivity contribution in [2.24, 2.45) is 5.73 Å². The Morgan fingerprint density at radius 1 is 1.29 bits per heavy atom. The van der Waals surface area contributed by atoms with Crippen molar-refractivity contribution >= 4 is 17.2 Å². The average Bonchev–Trinajstić information content (AvgIpc) is 3.02. The summed E-state index contributed by atoms with van der Waals surface area (Å²) in [5, 5.41) is 3.76. The van der Waals surface area contributed by atoms with E-state index >= 15 is 0 Å². The van der Waals surface area contributed by atoms with Crippen LogP contribution in [0.3, 0.4) is 0 Å². The van der Waals surface area contributed by atoms with Gasteiger partial charge >= 0.3 is 0 Å². The molecule has 1 fully saturated rings. The highest BCUT2D eigenvalue weighted by Crippen LogP contribution is 2.28. The van der Waals surface area contributed by atoms with Gasteiger partial charge in [0.25, 0.3) is 5.91 Å². The summed E-state index contributed by atoms with van der Waals surface area (Å²) < 4.78 is 13.0. The van der Waals surface area contributed by atoms with Crippen molar-refractivity contribution in [2.75, 3.05) is 13.1 Å². The number of benzene rings is 1. The molecule has 1 aliphatic heterocycles. The van der Waals surface area contributed by atoms with E-state index in [9.17, 15) is 9.18 Å². The van der Waals surface area contributed by atoms with Gasteiger partial charge in [0.2, 0.25) is 0 Å². The van der Waals surface area contributed by atoms with E-state index in [0.29, 0.717) is 13.1 Å². The summed E-state index contributed by atoms with van der Waals surface area (Å²) in [5.74, 6) is -0.0150.